The smallest absolute Gasteiger partial charge is 0.191 e. The molecule has 0 amide bonds. The number of benzene rings is 1. The van der Waals surface area contributed by atoms with Crippen molar-refractivity contribution in [3.8, 4) is 0 Å². The summed E-state index contributed by atoms with van der Waals surface area (Å²) < 4.78 is 5.59. The molecule has 1 rings (SSSR count). The molecule has 1 aromatic rings. The van der Waals surface area contributed by atoms with Crippen molar-refractivity contribution < 1.29 is 4.74 Å². The van der Waals surface area contributed by atoms with Crippen molar-refractivity contribution in [3.63, 3.8) is 0 Å². The van der Waals surface area contributed by atoms with Crippen LogP contribution in [-0.4, -0.2) is 31.7 Å². The first kappa shape index (κ1) is 19.2. The second kappa shape index (κ2) is 12.0. The van der Waals surface area contributed by atoms with Crippen LogP contribution in [0.4, 0.5) is 0 Å². The van der Waals surface area contributed by atoms with Gasteiger partial charge in [-0.15, -0.1) is 24.0 Å². The van der Waals surface area contributed by atoms with E-state index in [9.17, 15) is 0 Å². The third-order valence-electron chi connectivity index (χ3n) is 2.39. The Balaban J connectivity index is 0.00000361. The number of nitrogens with zero attached hydrogens (tertiary/aromatic N) is 1. The van der Waals surface area contributed by atoms with E-state index < -0.39 is 0 Å². The van der Waals surface area contributed by atoms with Gasteiger partial charge < -0.3 is 15.4 Å². The molecule has 0 atom stereocenters. The highest BCUT2D eigenvalue weighted by atomic mass is 127. The highest BCUT2D eigenvalue weighted by Crippen LogP contribution is 1.99. The van der Waals surface area contributed by atoms with E-state index in [-0.39, 0.29) is 24.0 Å². The van der Waals surface area contributed by atoms with Gasteiger partial charge in [-0.1, -0.05) is 30.3 Å². The van der Waals surface area contributed by atoms with Gasteiger partial charge in [0.2, 0.25) is 0 Å². The van der Waals surface area contributed by atoms with Crippen LogP contribution in [0.1, 0.15) is 26.3 Å². The van der Waals surface area contributed by atoms with E-state index in [2.05, 4.69) is 48.5 Å². The van der Waals surface area contributed by atoms with E-state index in [0.717, 1.165) is 12.5 Å². The molecule has 0 aliphatic heterocycles. The predicted molar refractivity (Wildman–Crippen MR) is 95.8 cm³/mol. The predicted octanol–water partition coefficient (Wildman–Crippen LogP) is 2.78. The van der Waals surface area contributed by atoms with Crippen LogP contribution in [0.25, 0.3) is 0 Å². The van der Waals surface area contributed by atoms with E-state index >= 15 is 0 Å². The zero-order chi connectivity index (χ0) is 13.9. The fraction of sp³-hybridized carbons (Fsp3) is 0.533. The third-order valence-corrected chi connectivity index (χ3v) is 2.39. The van der Waals surface area contributed by atoms with Crippen molar-refractivity contribution in [1.82, 2.24) is 10.6 Å². The highest BCUT2D eigenvalue weighted by Gasteiger charge is 1.98. The Kier molecular flexibility index (Phi) is 11.5. The van der Waals surface area contributed by atoms with Gasteiger partial charge in [-0.05, 0) is 26.3 Å². The number of guanidine groups is 1. The second-order valence-corrected chi connectivity index (χ2v) is 4.60. The Bertz CT molecular complexity index is 369. The fourth-order valence-corrected chi connectivity index (χ4v) is 1.58. The molecule has 0 fully saturated rings. The maximum atomic E-state index is 5.59. The first-order chi connectivity index (χ1) is 9.22. The van der Waals surface area contributed by atoms with Gasteiger partial charge in [-0.2, -0.15) is 0 Å². The minimum absolute atomic E-state index is 0. The molecule has 2 N–H and O–H groups in total. The molecule has 0 saturated heterocycles. The molecule has 5 heteroatoms. The van der Waals surface area contributed by atoms with Crippen molar-refractivity contribution in [3.05, 3.63) is 35.9 Å². The molecule has 1 aromatic carbocycles. The summed E-state index contributed by atoms with van der Waals surface area (Å²) in [6, 6.07) is 10.6. The SMILES string of the molecule is CCNC(=NCCOCc1ccccc1)NC(C)C.I. The monoisotopic (exact) mass is 391 g/mol. The van der Waals surface area contributed by atoms with Crippen LogP contribution in [0.15, 0.2) is 35.3 Å². The molecule has 114 valence electrons. The summed E-state index contributed by atoms with van der Waals surface area (Å²) in [5, 5.41) is 6.48. The number of nitrogens with one attached hydrogen (secondary N) is 2. The molecule has 4 nitrogen and oxygen atoms in total. The second-order valence-electron chi connectivity index (χ2n) is 4.60. The van der Waals surface area contributed by atoms with Gasteiger partial charge in [0.15, 0.2) is 5.96 Å². The molecular weight excluding hydrogens is 365 g/mol. The van der Waals surface area contributed by atoms with Crippen molar-refractivity contribution >= 4 is 29.9 Å². The lowest BCUT2D eigenvalue weighted by molar-refractivity contribution is 0.128. The molecule has 0 aliphatic rings. The number of hydrogen-bond donors (Lipinski definition) is 2. The minimum atomic E-state index is 0. The number of aliphatic imine (C=N–C) groups is 1. The average molecular weight is 391 g/mol. The average Bonchev–Trinajstić information content (AvgIpc) is 2.39. The molecule has 0 radical (unpaired) electrons. The summed E-state index contributed by atoms with van der Waals surface area (Å²) in [5.74, 6) is 0.848. The van der Waals surface area contributed by atoms with Gasteiger partial charge in [0, 0.05) is 12.6 Å². The van der Waals surface area contributed by atoms with E-state index in [1.54, 1.807) is 0 Å². The van der Waals surface area contributed by atoms with Crippen molar-refractivity contribution in [2.24, 2.45) is 4.99 Å². The first-order valence-corrected chi connectivity index (χ1v) is 6.89. The van der Waals surface area contributed by atoms with Crippen molar-refractivity contribution in [1.29, 1.82) is 0 Å². The van der Waals surface area contributed by atoms with Gasteiger partial charge in [-0.25, -0.2) is 0 Å². The zero-order valence-electron chi connectivity index (χ0n) is 12.6. The molecule has 0 aromatic heterocycles. The van der Waals surface area contributed by atoms with Crippen molar-refractivity contribution in [2.75, 3.05) is 19.7 Å². The highest BCUT2D eigenvalue weighted by molar-refractivity contribution is 14.0. The molecule has 0 spiro atoms. The summed E-state index contributed by atoms with van der Waals surface area (Å²) in [6.07, 6.45) is 0. The van der Waals surface area contributed by atoms with Crippen LogP contribution in [0.5, 0.6) is 0 Å². The lowest BCUT2D eigenvalue weighted by Crippen LogP contribution is -2.41. The van der Waals surface area contributed by atoms with Crippen LogP contribution < -0.4 is 10.6 Å². The van der Waals surface area contributed by atoms with E-state index in [1.165, 1.54) is 5.56 Å². The van der Waals surface area contributed by atoms with Crippen LogP contribution in [0.3, 0.4) is 0 Å². The van der Waals surface area contributed by atoms with Gasteiger partial charge in [-0.3, -0.25) is 4.99 Å². The van der Waals surface area contributed by atoms with Gasteiger partial charge in [0.25, 0.3) is 0 Å². The first-order valence-electron chi connectivity index (χ1n) is 6.89. The number of hydrogen-bond acceptors (Lipinski definition) is 2. The van der Waals surface area contributed by atoms with Crippen molar-refractivity contribution in [2.45, 2.75) is 33.4 Å². The number of halogens is 1. The lowest BCUT2D eigenvalue weighted by Gasteiger charge is -2.13. The molecule has 0 unspecified atom stereocenters. The van der Waals surface area contributed by atoms with Gasteiger partial charge >= 0.3 is 0 Å². The van der Waals surface area contributed by atoms with E-state index in [0.29, 0.717) is 25.8 Å². The number of ether oxygens (including phenoxy) is 1. The number of rotatable bonds is 7. The quantitative estimate of drug-likeness (QED) is 0.325. The van der Waals surface area contributed by atoms with Crippen LogP contribution >= 0.6 is 24.0 Å². The Morgan fingerprint density at radius 3 is 2.55 bits per heavy atom. The molecule has 0 aliphatic carbocycles. The standard InChI is InChI=1S/C15H25N3O.HI/c1-4-16-15(18-13(2)3)17-10-11-19-12-14-8-6-5-7-9-14;/h5-9,13H,4,10-12H2,1-3H3,(H2,16,17,18);1H. The molecule has 0 bridgehead atoms. The summed E-state index contributed by atoms with van der Waals surface area (Å²) >= 11 is 0. The van der Waals surface area contributed by atoms with Gasteiger partial charge in [0.1, 0.15) is 0 Å². The summed E-state index contributed by atoms with van der Waals surface area (Å²) in [7, 11) is 0. The minimum Gasteiger partial charge on any atom is -0.375 e. The van der Waals surface area contributed by atoms with Crippen LogP contribution in [0.2, 0.25) is 0 Å². The molecule has 0 heterocycles. The maximum absolute atomic E-state index is 5.59. The molecule has 0 saturated carbocycles. The topological polar surface area (TPSA) is 45.7 Å². The third kappa shape index (κ3) is 9.14. The van der Waals surface area contributed by atoms with Crippen LogP contribution in [-0.2, 0) is 11.3 Å². The van der Waals surface area contributed by atoms with Gasteiger partial charge in [0.05, 0.1) is 19.8 Å². The van der Waals surface area contributed by atoms with E-state index in [1.807, 2.05) is 18.2 Å². The Morgan fingerprint density at radius 2 is 1.95 bits per heavy atom. The Labute approximate surface area is 139 Å². The lowest BCUT2D eigenvalue weighted by atomic mass is 10.2. The zero-order valence-corrected chi connectivity index (χ0v) is 14.9. The Hall–Kier alpha value is -0.820. The van der Waals surface area contributed by atoms with Crippen LogP contribution in [0, 0.1) is 0 Å². The summed E-state index contributed by atoms with van der Waals surface area (Å²) in [5.41, 5.74) is 1.19. The Morgan fingerprint density at radius 1 is 1.25 bits per heavy atom. The largest absolute Gasteiger partial charge is 0.375 e. The maximum Gasteiger partial charge on any atom is 0.191 e. The normalized spacial score (nSPS) is 11.1. The summed E-state index contributed by atoms with van der Waals surface area (Å²) in [4.78, 5) is 4.45. The fourth-order valence-electron chi connectivity index (χ4n) is 1.58. The molecule has 20 heavy (non-hydrogen) atoms. The summed E-state index contributed by atoms with van der Waals surface area (Å²) in [6.45, 7) is 9.05. The molecular formula is C15H26IN3O. The van der Waals surface area contributed by atoms with E-state index in [4.69, 9.17) is 4.74 Å².